The summed E-state index contributed by atoms with van der Waals surface area (Å²) in [6.07, 6.45) is 7.07. The van der Waals surface area contributed by atoms with Gasteiger partial charge < -0.3 is 19.3 Å². The summed E-state index contributed by atoms with van der Waals surface area (Å²) in [6, 6.07) is 23.2. The second-order valence-corrected chi connectivity index (χ2v) is 6.53. The van der Waals surface area contributed by atoms with E-state index in [-0.39, 0.29) is 32.7 Å². The van der Waals surface area contributed by atoms with Gasteiger partial charge in [-0.05, 0) is 48.5 Å². The van der Waals surface area contributed by atoms with Crippen molar-refractivity contribution in [1.29, 1.82) is 0 Å². The summed E-state index contributed by atoms with van der Waals surface area (Å²) in [5.41, 5.74) is 3.66. The van der Waals surface area contributed by atoms with Crippen molar-refractivity contribution in [2.75, 3.05) is 13.2 Å². The summed E-state index contributed by atoms with van der Waals surface area (Å²) in [5.74, 6) is 0. The van der Waals surface area contributed by atoms with Crippen LogP contribution in [0.2, 0.25) is 0 Å². The van der Waals surface area contributed by atoms with Crippen LogP contribution in [-0.4, -0.2) is 60.9 Å². The zero-order valence-electron chi connectivity index (χ0n) is 18.1. The van der Waals surface area contributed by atoms with Gasteiger partial charge in [0.2, 0.25) is 0 Å². The van der Waals surface area contributed by atoms with E-state index in [0.29, 0.717) is 0 Å². The van der Waals surface area contributed by atoms with Crippen LogP contribution >= 0.6 is 0 Å². The number of nitrogens with zero attached hydrogens (tertiary/aromatic N) is 4. The zero-order chi connectivity index (χ0) is 24.4. The van der Waals surface area contributed by atoms with Gasteiger partial charge >= 0.3 is 19.5 Å². The second kappa shape index (κ2) is 18.4. The number of hydrogen-bond donors (Lipinski definition) is 2. The van der Waals surface area contributed by atoms with Crippen molar-refractivity contribution in [1.82, 2.24) is 19.9 Å². The molecule has 4 aromatic rings. The monoisotopic (exact) mass is 534 g/mol. The number of aliphatic hydroxyl groups excluding tert-OH is 2. The molecule has 0 unspecified atom stereocenters. The van der Waals surface area contributed by atoms with E-state index in [1.807, 2.05) is 72.8 Å². The first-order chi connectivity index (χ1) is 15.8. The van der Waals surface area contributed by atoms with Gasteiger partial charge in [-0.3, -0.25) is 28.4 Å². The number of pyridine rings is 4. The molecule has 2 N–H and O–H groups in total. The molecule has 0 amide bonds. The molecule has 0 fully saturated rings. The maximum absolute atomic E-state index is 8.52. The number of rotatable bonds is 3. The topological polar surface area (TPSA) is 172 Å². The fraction of sp³-hybridized carbons (Fsp3) is 0.0909. The molecule has 4 aromatic heterocycles. The molecular weight excluding hydrogens is 514 g/mol. The van der Waals surface area contributed by atoms with E-state index in [1.54, 1.807) is 24.8 Å². The summed E-state index contributed by atoms with van der Waals surface area (Å²) in [6.45, 7) is -0.250. The molecule has 0 spiro atoms. The molecule has 34 heavy (non-hydrogen) atoms. The van der Waals surface area contributed by atoms with Crippen LogP contribution < -0.4 is 0 Å². The van der Waals surface area contributed by atoms with Gasteiger partial charge in [0.1, 0.15) is 0 Å². The molecule has 0 aliphatic heterocycles. The Morgan fingerprint density at radius 1 is 0.559 bits per heavy atom. The van der Waals surface area contributed by atoms with Gasteiger partial charge in [-0.25, -0.2) is 0 Å². The van der Waals surface area contributed by atoms with Gasteiger partial charge in [0.15, 0.2) is 0 Å². The van der Waals surface area contributed by atoms with Gasteiger partial charge in [0.05, 0.1) is 36.0 Å². The first-order valence-electron chi connectivity index (χ1n) is 9.38. The molecule has 0 aliphatic carbocycles. The molecule has 4 heterocycles. The van der Waals surface area contributed by atoms with Crippen molar-refractivity contribution in [3.8, 4) is 22.8 Å². The molecule has 0 saturated heterocycles. The van der Waals surface area contributed by atoms with Crippen LogP contribution in [0.5, 0.6) is 0 Å². The van der Waals surface area contributed by atoms with E-state index in [0.717, 1.165) is 22.8 Å². The Morgan fingerprint density at radius 3 is 0.882 bits per heavy atom. The molecule has 0 atom stereocenters. The second-order valence-electron chi connectivity index (χ2n) is 5.72. The summed E-state index contributed by atoms with van der Waals surface area (Å²) in [5, 5.41) is 15.2. The van der Waals surface area contributed by atoms with E-state index in [1.165, 1.54) is 0 Å². The smallest absolute Gasteiger partial charge is 0.759 e. The molecule has 0 saturated carbocycles. The molecule has 0 bridgehead atoms. The van der Waals surface area contributed by atoms with Crippen molar-refractivity contribution in [2.24, 2.45) is 0 Å². The summed E-state index contributed by atoms with van der Waals surface area (Å²) in [7, 11) is -5.17. The Morgan fingerprint density at radius 2 is 0.765 bits per heavy atom. The third kappa shape index (κ3) is 15.8. The molecule has 0 radical (unpaired) electrons. The minimum absolute atomic E-state index is 0. The van der Waals surface area contributed by atoms with Crippen LogP contribution in [0.4, 0.5) is 0 Å². The third-order valence-corrected chi connectivity index (χ3v) is 3.28. The maximum Gasteiger partial charge on any atom is 2.00 e. The Kier molecular flexibility index (Phi) is 16.8. The normalized spacial score (nSPS) is 9.41. The maximum atomic E-state index is 8.52. The molecule has 10 nitrogen and oxygen atoms in total. The fourth-order valence-electron chi connectivity index (χ4n) is 2.06. The van der Waals surface area contributed by atoms with Crippen molar-refractivity contribution in [2.45, 2.75) is 0 Å². The van der Waals surface area contributed by atoms with Gasteiger partial charge in [-0.2, -0.15) is 0 Å². The average molecular weight is 536 g/mol. The van der Waals surface area contributed by atoms with E-state index < -0.39 is 10.4 Å². The minimum atomic E-state index is -5.17. The Balaban J connectivity index is 0.000000469. The standard InChI is InChI=1S/2C10H8N2.C2H6O2.H2O4S.Zn/c2*1-3-7-11-9(5-1)10-6-2-4-8-12-10;3-1-2-4;1-5(2,3)4;/h2*1-8H;3-4H,1-2H2;(H2,1,2,3,4);/q;;;;+2/p-2. The van der Waals surface area contributed by atoms with Crippen LogP contribution in [0.1, 0.15) is 0 Å². The molecule has 4 rings (SSSR count). The Labute approximate surface area is 210 Å². The molecular formula is C22H22N4O6SZn. The molecule has 174 valence electrons. The number of aliphatic hydroxyl groups is 2. The summed E-state index contributed by atoms with van der Waals surface area (Å²) < 4.78 is 34.1. The largest absolute Gasteiger partial charge is 2.00 e. The van der Waals surface area contributed by atoms with E-state index in [2.05, 4.69) is 19.9 Å². The molecule has 0 aromatic carbocycles. The zero-order valence-corrected chi connectivity index (χ0v) is 21.9. The SMILES string of the molecule is O=S(=O)([O-])[O-].OCCO.[Zn+2].c1ccc(-c2ccccn2)nc1.c1ccc(-c2ccccn2)nc1. The first kappa shape index (κ1) is 31.0. The Hall–Kier alpha value is -2.99. The quantitative estimate of drug-likeness (QED) is 0.224. The van der Waals surface area contributed by atoms with Gasteiger partial charge in [0.25, 0.3) is 0 Å². The minimum Gasteiger partial charge on any atom is -0.759 e. The van der Waals surface area contributed by atoms with Crippen LogP contribution in [0.15, 0.2) is 97.6 Å². The van der Waals surface area contributed by atoms with Crippen LogP contribution in [0.25, 0.3) is 22.8 Å². The van der Waals surface area contributed by atoms with E-state index in [9.17, 15) is 0 Å². The van der Waals surface area contributed by atoms with Gasteiger partial charge in [-0.15, -0.1) is 0 Å². The van der Waals surface area contributed by atoms with Crippen molar-refractivity contribution in [3.05, 3.63) is 97.6 Å². The van der Waals surface area contributed by atoms with E-state index in [4.69, 9.17) is 27.7 Å². The summed E-state index contributed by atoms with van der Waals surface area (Å²) >= 11 is 0. The average Bonchev–Trinajstić information content (AvgIpc) is 2.86. The predicted octanol–water partition coefficient (Wildman–Crippen LogP) is 1.92. The van der Waals surface area contributed by atoms with E-state index >= 15 is 0 Å². The van der Waals surface area contributed by atoms with Gasteiger partial charge in [0, 0.05) is 35.2 Å². The third-order valence-electron chi connectivity index (χ3n) is 3.28. The number of aromatic nitrogens is 4. The van der Waals surface area contributed by atoms with Gasteiger partial charge in [-0.1, -0.05) is 24.3 Å². The van der Waals surface area contributed by atoms with Crippen LogP contribution in [0, 0.1) is 0 Å². The molecule has 0 aliphatic rings. The van der Waals surface area contributed by atoms with Crippen molar-refractivity contribution in [3.63, 3.8) is 0 Å². The van der Waals surface area contributed by atoms with Crippen LogP contribution in [0.3, 0.4) is 0 Å². The molecule has 12 heteroatoms. The van der Waals surface area contributed by atoms with Crippen molar-refractivity contribution < 1.29 is 47.2 Å². The van der Waals surface area contributed by atoms with Crippen molar-refractivity contribution >= 4 is 10.4 Å². The Bertz CT molecular complexity index is 951. The number of hydrogen-bond acceptors (Lipinski definition) is 10. The van der Waals surface area contributed by atoms with Crippen LogP contribution in [-0.2, 0) is 29.9 Å². The fourth-order valence-corrected chi connectivity index (χ4v) is 2.06. The predicted molar refractivity (Wildman–Crippen MR) is 120 cm³/mol. The first-order valence-corrected chi connectivity index (χ1v) is 10.7. The summed E-state index contributed by atoms with van der Waals surface area (Å²) in [4.78, 5) is 16.7.